The Morgan fingerprint density at radius 3 is 2.21 bits per heavy atom. The van der Waals surface area contributed by atoms with Crippen LogP contribution in [-0.4, -0.2) is 36.4 Å². The molecule has 0 spiro atoms. The second-order valence-electron chi connectivity index (χ2n) is 6.32. The summed E-state index contributed by atoms with van der Waals surface area (Å²) in [4.78, 5) is 12.1. The molecule has 0 unspecified atom stereocenters. The van der Waals surface area contributed by atoms with Gasteiger partial charge in [-0.1, -0.05) is 13.3 Å². The summed E-state index contributed by atoms with van der Waals surface area (Å²) in [5.41, 5.74) is -0.442. The van der Waals surface area contributed by atoms with Gasteiger partial charge in [-0.05, 0) is 48.0 Å². The lowest BCUT2D eigenvalue weighted by molar-refractivity contribution is -0.158. The molecule has 0 aliphatic carbocycles. The van der Waals surface area contributed by atoms with Crippen molar-refractivity contribution in [3.8, 4) is 0 Å². The number of hydrogen-bond acceptors (Lipinski definition) is 4. The van der Waals surface area contributed by atoms with Gasteiger partial charge in [0.1, 0.15) is 11.6 Å². The normalized spacial score (nSPS) is 15.4. The summed E-state index contributed by atoms with van der Waals surface area (Å²) in [7, 11) is 0. The average molecular weight is 273 g/mol. The average Bonchev–Trinajstić information content (AvgIpc) is 2.23. The third-order valence-electron chi connectivity index (χ3n) is 2.43. The monoisotopic (exact) mass is 273 g/mol. The molecule has 0 aromatic carbocycles. The van der Waals surface area contributed by atoms with E-state index in [0.29, 0.717) is 6.61 Å². The lowest BCUT2D eigenvalue weighted by Crippen LogP contribution is -2.46. The first-order valence-electron chi connectivity index (χ1n) is 7.26. The minimum Gasteiger partial charge on any atom is -0.459 e. The first kappa shape index (κ1) is 18.4. The van der Waals surface area contributed by atoms with Crippen molar-refractivity contribution in [1.82, 2.24) is 5.32 Å². The maximum atomic E-state index is 12.1. The van der Waals surface area contributed by atoms with Gasteiger partial charge in [0.25, 0.3) is 0 Å². The van der Waals surface area contributed by atoms with Crippen LogP contribution in [0.2, 0.25) is 0 Å². The van der Waals surface area contributed by atoms with Crippen LogP contribution in [0.5, 0.6) is 0 Å². The first-order chi connectivity index (χ1) is 8.65. The summed E-state index contributed by atoms with van der Waals surface area (Å²) in [6.07, 6.45) is 1.92. The quantitative estimate of drug-likeness (QED) is 0.691. The second kappa shape index (κ2) is 8.54. The van der Waals surface area contributed by atoms with E-state index in [9.17, 15) is 4.79 Å². The number of nitrogens with one attached hydrogen (secondary N) is 1. The largest absolute Gasteiger partial charge is 0.459 e. The van der Waals surface area contributed by atoms with Gasteiger partial charge in [-0.3, -0.25) is 10.1 Å². The minimum atomic E-state index is -0.442. The number of hydrogen-bond donors (Lipinski definition) is 1. The number of carbonyl (C=O) groups excluding carboxylic acids is 1. The maximum Gasteiger partial charge on any atom is 0.323 e. The fourth-order valence-electron chi connectivity index (χ4n) is 1.66. The molecule has 0 heterocycles. The third-order valence-corrected chi connectivity index (χ3v) is 2.43. The molecule has 0 rings (SSSR count). The van der Waals surface area contributed by atoms with Crippen molar-refractivity contribution in [2.45, 2.75) is 85.1 Å². The summed E-state index contributed by atoms with van der Waals surface area (Å²) in [5, 5.41) is 3.30. The van der Waals surface area contributed by atoms with E-state index in [1.807, 2.05) is 41.5 Å². The van der Waals surface area contributed by atoms with Crippen LogP contribution in [0.1, 0.15) is 61.3 Å². The lowest BCUT2D eigenvalue weighted by atomic mass is 10.1. The molecule has 0 amide bonds. The third kappa shape index (κ3) is 9.91. The van der Waals surface area contributed by atoms with E-state index in [-0.39, 0.29) is 24.2 Å². The lowest BCUT2D eigenvalue weighted by Gasteiger charge is -2.26. The zero-order valence-electron chi connectivity index (χ0n) is 13.6. The molecule has 1 N–H and O–H groups in total. The number of ether oxygens (including phenoxy) is 2. The highest BCUT2D eigenvalue weighted by Gasteiger charge is 2.25. The first-order valence-corrected chi connectivity index (χ1v) is 7.26. The Morgan fingerprint density at radius 2 is 1.79 bits per heavy atom. The van der Waals surface area contributed by atoms with Crippen molar-refractivity contribution in [2.24, 2.45) is 0 Å². The van der Waals surface area contributed by atoms with E-state index in [1.54, 1.807) is 0 Å². The Hall–Kier alpha value is -0.610. The summed E-state index contributed by atoms with van der Waals surface area (Å²) in [5.74, 6) is -0.175. The van der Waals surface area contributed by atoms with Gasteiger partial charge in [0.15, 0.2) is 0 Å². The van der Waals surface area contributed by atoms with Gasteiger partial charge >= 0.3 is 5.97 Å². The van der Waals surface area contributed by atoms with Gasteiger partial charge in [0.2, 0.25) is 0 Å². The van der Waals surface area contributed by atoms with Crippen LogP contribution in [0.25, 0.3) is 0 Å². The molecule has 0 aromatic heterocycles. The van der Waals surface area contributed by atoms with Gasteiger partial charge in [-0.25, -0.2) is 0 Å². The molecule has 0 saturated carbocycles. The van der Waals surface area contributed by atoms with E-state index in [0.717, 1.165) is 12.8 Å². The van der Waals surface area contributed by atoms with Crippen LogP contribution in [0.4, 0.5) is 0 Å². The second-order valence-corrected chi connectivity index (χ2v) is 6.32. The molecule has 0 aliphatic rings. The maximum absolute atomic E-state index is 12.1. The molecule has 4 nitrogen and oxygen atoms in total. The number of rotatable bonds is 8. The highest BCUT2D eigenvalue weighted by Crippen LogP contribution is 2.11. The summed E-state index contributed by atoms with van der Waals surface area (Å²) in [6.45, 7) is 14.4. The van der Waals surface area contributed by atoms with Gasteiger partial charge < -0.3 is 9.47 Å². The Labute approximate surface area is 118 Å². The predicted molar refractivity (Wildman–Crippen MR) is 78.2 cm³/mol. The van der Waals surface area contributed by atoms with Crippen molar-refractivity contribution >= 4 is 5.97 Å². The van der Waals surface area contributed by atoms with Crippen LogP contribution in [-0.2, 0) is 14.3 Å². The molecule has 0 bridgehead atoms. The predicted octanol–water partition coefficient (Wildman–Crippen LogP) is 2.90. The zero-order valence-corrected chi connectivity index (χ0v) is 13.6. The van der Waals surface area contributed by atoms with Crippen molar-refractivity contribution in [2.75, 3.05) is 6.61 Å². The van der Waals surface area contributed by atoms with Crippen LogP contribution >= 0.6 is 0 Å². The van der Waals surface area contributed by atoms with Crippen LogP contribution in [0.15, 0.2) is 0 Å². The van der Waals surface area contributed by atoms with Crippen LogP contribution < -0.4 is 5.32 Å². The highest BCUT2D eigenvalue weighted by molar-refractivity contribution is 5.76. The molecular formula is C15H31NO3. The molecular weight excluding hydrogens is 242 g/mol. The summed E-state index contributed by atoms with van der Waals surface area (Å²) in [6, 6.07) is -0.124. The molecule has 0 aliphatic heterocycles. The Kier molecular flexibility index (Phi) is 8.26. The van der Waals surface area contributed by atoms with E-state index in [1.165, 1.54) is 0 Å². The fourth-order valence-corrected chi connectivity index (χ4v) is 1.66. The van der Waals surface area contributed by atoms with Crippen molar-refractivity contribution in [3.63, 3.8) is 0 Å². The molecule has 0 fully saturated rings. The van der Waals surface area contributed by atoms with Crippen molar-refractivity contribution in [1.29, 1.82) is 0 Å². The number of esters is 1. The Balaban J connectivity index is 4.35. The summed E-state index contributed by atoms with van der Waals surface area (Å²) >= 11 is 0. The fraction of sp³-hybridized carbons (Fsp3) is 0.933. The molecule has 114 valence electrons. The molecule has 0 radical (unpaired) electrons. The molecule has 0 saturated heterocycles. The van der Waals surface area contributed by atoms with Crippen LogP contribution in [0, 0.1) is 0 Å². The molecule has 19 heavy (non-hydrogen) atoms. The smallest absolute Gasteiger partial charge is 0.323 e. The van der Waals surface area contributed by atoms with Crippen LogP contribution in [0.3, 0.4) is 0 Å². The van der Waals surface area contributed by atoms with E-state index in [2.05, 4.69) is 12.2 Å². The SMILES string of the molecule is CCC[C@@H](N[C@H](C)COC(C)C)C(=O)OC(C)(C)C. The highest BCUT2D eigenvalue weighted by atomic mass is 16.6. The summed E-state index contributed by atoms with van der Waals surface area (Å²) < 4.78 is 11.0. The molecule has 0 aromatic rings. The molecule has 4 heteroatoms. The van der Waals surface area contributed by atoms with Gasteiger partial charge in [-0.2, -0.15) is 0 Å². The molecule has 2 atom stereocenters. The number of carbonyl (C=O) groups is 1. The zero-order chi connectivity index (χ0) is 15.1. The van der Waals surface area contributed by atoms with E-state index in [4.69, 9.17) is 9.47 Å². The van der Waals surface area contributed by atoms with Gasteiger partial charge in [0.05, 0.1) is 12.7 Å². The Morgan fingerprint density at radius 1 is 1.21 bits per heavy atom. The topological polar surface area (TPSA) is 47.6 Å². The Bertz CT molecular complexity index is 259. The van der Waals surface area contributed by atoms with Gasteiger partial charge in [-0.15, -0.1) is 0 Å². The van der Waals surface area contributed by atoms with Gasteiger partial charge in [0, 0.05) is 6.04 Å². The minimum absolute atomic E-state index is 0.131. The standard InChI is InChI=1S/C15H31NO3/c1-8-9-13(14(17)19-15(5,6)7)16-12(4)10-18-11(2)3/h11-13,16H,8-10H2,1-7H3/t12-,13-/m1/s1. The van der Waals surface area contributed by atoms with E-state index >= 15 is 0 Å². The van der Waals surface area contributed by atoms with Crippen molar-refractivity contribution < 1.29 is 14.3 Å². The van der Waals surface area contributed by atoms with E-state index < -0.39 is 5.60 Å². The van der Waals surface area contributed by atoms with Crippen molar-refractivity contribution in [3.05, 3.63) is 0 Å².